The van der Waals surface area contributed by atoms with Gasteiger partial charge in [-0.2, -0.15) is 0 Å². The highest BCUT2D eigenvalue weighted by Crippen LogP contribution is 2.37. The van der Waals surface area contributed by atoms with E-state index in [4.69, 9.17) is 0 Å². The van der Waals surface area contributed by atoms with E-state index in [9.17, 15) is 4.79 Å². The molecule has 114 valence electrons. The highest BCUT2D eigenvalue weighted by Gasteiger charge is 2.10. The number of rotatable bonds is 4. The summed E-state index contributed by atoms with van der Waals surface area (Å²) in [6.07, 6.45) is 1.37. The van der Waals surface area contributed by atoms with E-state index in [1.54, 1.807) is 0 Å². The van der Waals surface area contributed by atoms with Gasteiger partial charge in [-0.05, 0) is 39.4 Å². The molecule has 2 N–H and O–H groups in total. The maximum Gasteiger partial charge on any atom is 0.238 e. The van der Waals surface area contributed by atoms with Crippen molar-refractivity contribution in [2.75, 3.05) is 5.43 Å². The third-order valence-corrected chi connectivity index (χ3v) is 4.34. The second-order valence-electron chi connectivity index (χ2n) is 5.89. The van der Waals surface area contributed by atoms with Crippen LogP contribution in [0.25, 0.3) is 32.3 Å². The summed E-state index contributed by atoms with van der Waals surface area (Å²) in [6.45, 7) is 2.00. The van der Waals surface area contributed by atoms with E-state index in [2.05, 4.69) is 59.4 Å². The molecule has 1 amide bonds. The van der Waals surface area contributed by atoms with Gasteiger partial charge in [0.1, 0.15) is 0 Å². The summed E-state index contributed by atoms with van der Waals surface area (Å²) >= 11 is 0. The van der Waals surface area contributed by atoms with E-state index >= 15 is 0 Å². The van der Waals surface area contributed by atoms with E-state index in [1.807, 2.05) is 13.0 Å². The summed E-state index contributed by atoms with van der Waals surface area (Å²) in [5, 5.41) is 7.36. The highest BCUT2D eigenvalue weighted by atomic mass is 16.2. The second kappa shape index (κ2) is 5.43. The van der Waals surface area contributed by atoms with Crippen molar-refractivity contribution in [2.24, 2.45) is 0 Å². The molecule has 0 saturated carbocycles. The van der Waals surface area contributed by atoms with Gasteiger partial charge < -0.3 is 0 Å². The first-order chi connectivity index (χ1) is 11.3. The van der Waals surface area contributed by atoms with Crippen molar-refractivity contribution in [1.29, 1.82) is 0 Å². The monoisotopic (exact) mass is 302 g/mol. The molecular weight excluding hydrogens is 284 g/mol. The lowest BCUT2D eigenvalue weighted by Gasteiger charge is -2.15. The number of hydrazine groups is 1. The fourth-order valence-corrected chi connectivity index (χ4v) is 3.27. The zero-order valence-electron chi connectivity index (χ0n) is 13.0. The minimum absolute atomic E-state index is 0.0122. The normalized spacial score (nSPS) is 11.3. The number of amides is 1. The minimum atomic E-state index is 0.0122. The maximum absolute atomic E-state index is 11.7. The first-order valence-corrected chi connectivity index (χ1v) is 7.99. The van der Waals surface area contributed by atoms with Crippen LogP contribution in [0.2, 0.25) is 0 Å². The molecule has 0 spiro atoms. The Morgan fingerprint density at radius 3 is 2.26 bits per heavy atom. The summed E-state index contributed by atoms with van der Waals surface area (Å²) in [4.78, 5) is 11.7. The third-order valence-electron chi connectivity index (χ3n) is 4.34. The van der Waals surface area contributed by atoms with E-state index in [1.165, 1.54) is 26.9 Å². The predicted octanol–water partition coefficient (Wildman–Crippen LogP) is 4.83. The third kappa shape index (κ3) is 2.25. The fraction of sp³-hybridized carbons (Fsp3) is 0.150. The molecule has 4 rings (SSSR count). The molecule has 0 saturated heterocycles. The minimum Gasteiger partial charge on any atom is -0.298 e. The molecule has 3 heteroatoms. The molecule has 0 bridgehead atoms. The number of benzene rings is 4. The van der Waals surface area contributed by atoms with E-state index in [0.717, 1.165) is 17.5 Å². The summed E-state index contributed by atoms with van der Waals surface area (Å²) in [6, 6.07) is 19.1. The molecule has 4 aromatic carbocycles. The number of nitrogens with one attached hydrogen (secondary N) is 2. The van der Waals surface area contributed by atoms with Crippen molar-refractivity contribution in [3.05, 3.63) is 54.6 Å². The SMILES string of the molecule is CCCC(=O)NNc1ccc2ccc3cccc4ccc1c2c34. The molecule has 0 atom stereocenters. The Morgan fingerprint density at radius 1 is 0.870 bits per heavy atom. The van der Waals surface area contributed by atoms with Gasteiger partial charge in [0, 0.05) is 11.8 Å². The van der Waals surface area contributed by atoms with Gasteiger partial charge in [0.25, 0.3) is 0 Å². The van der Waals surface area contributed by atoms with Crippen LogP contribution in [0.15, 0.2) is 54.6 Å². The Morgan fingerprint density at radius 2 is 1.52 bits per heavy atom. The number of hydrogen-bond donors (Lipinski definition) is 2. The first kappa shape index (κ1) is 13.8. The molecule has 23 heavy (non-hydrogen) atoms. The predicted molar refractivity (Wildman–Crippen MR) is 96.8 cm³/mol. The molecule has 0 aliphatic rings. The Hall–Kier alpha value is -2.81. The van der Waals surface area contributed by atoms with E-state index in [0.29, 0.717) is 6.42 Å². The van der Waals surface area contributed by atoms with Crippen LogP contribution >= 0.6 is 0 Å². The highest BCUT2D eigenvalue weighted by molar-refractivity contribution is 6.25. The molecule has 3 nitrogen and oxygen atoms in total. The first-order valence-electron chi connectivity index (χ1n) is 7.99. The zero-order valence-corrected chi connectivity index (χ0v) is 13.0. The lowest BCUT2D eigenvalue weighted by Crippen LogP contribution is -2.28. The Kier molecular flexibility index (Phi) is 3.27. The largest absolute Gasteiger partial charge is 0.298 e. The number of anilines is 1. The second-order valence-corrected chi connectivity index (χ2v) is 5.89. The molecule has 0 aliphatic heterocycles. The molecule has 0 radical (unpaired) electrons. The average molecular weight is 302 g/mol. The van der Waals surface area contributed by atoms with E-state index in [-0.39, 0.29) is 5.91 Å². The van der Waals surface area contributed by atoms with Gasteiger partial charge in [0.15, 0.2) is 0 Å². The van der Waals surface area contributed by atoms with Crippen LogP contribution in [-0.2, 0) is 4.79 Å². The Labute approximate surface area is 134 Å². The van der Waals surface area contributed by atoms with Crippen LogP contribution in [0.5, 0.6) is 0 Å². The van der Waals surface area contributed by atoms with Crippen LogP contribution in [0.3, 0.4) is 0 Å². The Balaban J connectivity index is 1.88. The van der Waals surface area contributed by atoms with Crippen molar-refractivity contribution in [2.45, 2.75) is 19.8 Å². The number of carbonyl (C=O) groups excluding carboxylic acids is 1. The molecule has 0 unspecified atom stereocenters. The smallest absolute Gasteiger partial charge is 0.238 e. The van der Waals surface area contributed by atoms with Crippen molar-refractivity contribution < 1.29 is 4.79 Å². The van der Waals surface area contributed by atoms with Gasteiger partial charge >= 0.3 is 0 Å². The summed E-state index contributed by atoms with van der Waals surface area (Å²) in [7, 11) is 0. The van der Waals surface area contributed by atoms with Crippen LogP contribution < -0.4 is 10.9 Å². The maximum atomic E-state index is 11.7. The molecule has 0 aliphatic carbocycles. The van der Waals surface area contributed by atoms with Crippen LogP contribution in [0.4, 0.5) is 5.69 Å². The van der Waals surface area contributed by atoms with Crippen molar-refractivity contribution >= 4 is 43.9 Å². The van der Waals surface area contributed by atoms with Crippen molar-refractivity contribution in [3.8, 4) is 0 Å². The summed E-state index contributed by atoms with van der Waals surface area (Å²) in [5.41, 5.74) is 6.80. The van der Waals surface area contributed by atoms with Crippen LogP contribution in [0.1, 0.15) is 19.8 Å². The summed E-state index contributed by atoms with van der Waals surface area (Å²) in [5.74, 6) is 0.0122. The fourth-order valence-electron chi connectivity index (χ4n) is 3.27. The molecule has 0 heterocycles. The van der Waals surface area contributed by atoms with Crippen molar-refractivity contribution in [1.82, 2.24) is 5.43 Å². The lowest BCUT2D eigenvalue weighted by molar-refractivity contribution is -0.120. The topological polar surface area (TPSA) is 41.1 Å². The quantitative estimate of drug-likeness (QED) is 0.419. The molecule has 4 aromatic rings. The van der Waals surface area contributed by atoms with Crippen LogP contribution in [-0.4, -0.2) is 5.91 Å². The van der Waals surface area contributed by atoms with Gasteiger partial charge in [0.2, 0.25) is 5.91 Å². The lowest BCUT2D eigenvalue weighted by atomic mass is 9.94. The Bertz CT molecular complexity index is 991. The van der Waals surface area contributed by atoms with Gasteiger partial charge in [0.05, 0.1) is 5.69 Å². The standard InChI is InChI=1S/C20H18N2O/c1-2-4-18(23)22-21-17-12-10-15-8-7-13-5-3-6-14-9-11-16(17)20(15)19(13)14/h3,5-12,21H,2,4H2,1H3,(H,22,23). The number of hydrogen-bond acceptors (Lipinski definition) is 2. The van der Waals surface area contributed by atoms with Gasteiger partial charge in [-0.15, -0.1) is 0 Å². The molecule has 0 fully saturated rings. The average Bonchev–Trinajstić information content (AvgIpc) is 2.58. The van der Waals surface area contributed by atoms with Gasteiger partial charge in [-0.3, -0.25) is 15.6 Å². The zero-order chi connectivity index (χ0) is 15.8. The number of carbonyl (C=O) groups is 1. The molecular formula is C20H18N2O. The van der Waals surface area contributed by atoms with Crippen LogP contribution in [0, 0.1) is 0 Å². The molecule has 0 aromatic heterocycles. The van der Waals surface area contributed by atoms with Gasteiger partial charge in [-0.25, -0.2) is 0 Å². The van der Waals surface area contributed by atoms with Gasteiger partial charge in [-0.1, -0.05) is 55.5 Å². The summed E-state index contributed by atoms with van der Waals surface area (Å²) < 4.78 is 0. The van der Waals surface area contributed by atoms with Crippen molar-refractivity contribution in [3.63, 3.8) is 0 Å². The van der Waals surface area contributed by atoms with E-state index < -0.39 is 0 Å².